The zero-order chi connectivity index (χ0) is 22.8. The molecule has 1 N–H and O–H groups in total. The van der Waals surface area contributed by atoms with Crippen LogP contribution in [0.1, 0.15) is 47.2 Å². The number of hydrogen-bond donors (Lipinski definition) is 1. The van der Waals surface area contributed by atoms with Crippen LogP contribution in [0.4, 0.5) is 0 Å². The zero-order valence-electron chi connectivity index (χ0n) is 18.9. The summed E-state index contributed by atoms with van der Waals surface area (Å²) < 4.78 is 7.52. The third-order valence-corrected chi connectivity index (χ3v) is 7.23. The van der Waals surface area contributed by atoms with Gasteiger partial charge in [0.25, 0.3) is 5.56 Å². The molecule has 0 amide bonds. The lowest BCUT2D eigenvalue weighted by molar-refractivity contribution is 0.175. The van der Waals surface area contributed by atoms with Gasteiger partial charge >= 0.3 is 0 Å². The van der Waals surface area contributed by atoms with E-state index in [9.17, 15) is 9.90 Å². The number of rotatable bonds is 7. The van der Waals surface area contributed by atoms with Crippen LogP contribution in [0.3, 0.4) is 0 Å². The molecule has 1 aromatic carbocycles. The molecule has 2 aromatic heterocycles. The molecule has 0 saturated carbocycles. The van der Waals surface area contributed by atoms with E-state index in [4.69, 9.17) is 4.74 Å². The van der Waals surface area contributed by atoms with Gasteiger partial charge in [0.05, 0.1) is 11.8 Å². The normalized spacial score (nSPS) is 18.2. The van der Waals surface area contributed by atoms with Crippen LogP contribution in [0, 0.1) is 0 Å². The van der Waals surface area contributed by atoms with Crippen molar-refractivity contribution in [3.05, 3.63) is 79.7 Å². The van der Waals surface area contributed by atoms with E-state index in [1.54, 1.807) is 28.2 Å². The fourth-order valence-electron chi connectivity index (χ4n) is 4.54. The largest absolute Gasteiger partial charge is 0.486 e. The fourth-order valence-corrected chi connectivity index (χ4v) is 5.33. The van der Waals surface area contributed by atoms with Gasteiger partial charge < -0.3 is 9.84 Å². The molecular formula is C26H29N3O3S. The third kappa shape index (κ3) is 5.11. The average molecular weight is 464 g/mol. The van der Waals surface area contributed by atoms with Crippen molar-refractivity contribution in [1.82, 2.24) is 14.5 Å². The van der Waals surface area contributed by atoms with E-state index in [-0.39, 0.29) is 11.7 Å². The molecule has 2 aliphatic rings. The van der Waals surface area contributed by atoms with Crippen molar-refractivity contribution >= 4 is 23.1 Å². The molecule has 0 bridgehead atoms. The minimum atomic E-state index is -0.190. The fraction of sp³-hybridized carbons (Fsp3) is 0.385. The number of aliphatic hydroxyl groups excluding tert-OH is 1. The molecule has 0 spiro atoms. The van der Waals surface area contributed by atoms with E-state index < -0.39 is 0 Å². The van der Waals surface area contributed by atoms with Crippen molar-refractivity contribution in [2.24, 2.45) is 0 Å². The second kappa shape index (κ2) is 9.63. The number of hydrogen-bond acceptors (Lipinski definition) is 6. The van der Waals surface area contributed by atoms with Crippen LogP contribution < -0.4 is 10.3 Å². The van der Waals surface area contributed by atoms with Crippen molar-refractivity contribution in [3.63, 3.8) is 0 Å². The molecule has 5 rings (SSSR count). The summed E-state index contributed by atoms with van der Waals surface area (Å²) >= 11 is 1.58. The number of allylic oxidation sites excluding steroid dienone is 1. The molecule has 1 aliphatic heterocycles. The molecule has 1 unspecified atom stereocenters. The lowest BCUT2D eigenvalue weighted by atomic mass is 9.93. The van der Waals surface area contributed by atoms with Crippen LogP contribution in [0.2, 0.25) is 0 Å². The van der Waals surface area contributed by atoms with Gasteiger partial charge in [-0.15, -0.1) is 11.3 Å². The number of nitrogens with zero attached hydrogens (tertiary/aromatic N) is 3. The van der Waals surface area contributed by atoms with E-state index in [2.05, 4.69) is 41.1 Å². The Balaban J connectivity index is 1.27. The highest BCUT2D eigenvalue weighted by atomic mass is 32.1. The third-order valence-electron chi connectivity index (χ3n) is 6.36. The van der Waals surface area contributed by atoms with Crippen LogP contribution in [0.25, 0.3) is 11.8 Å². The van der Waals surface area contributed by atoms with Crippen LogP contribution in [-0.4, -0.2) is 38.8 Å². The first kappa shape index (κ1) is 22.1. The number of aliphatic hydroxyl groups is 1. The van der Waals surface area contributed by atoms with Crippen LogP contribution in [-0.2, 0) is 26.0 Å². The minimum absolute atomic E-state index is 0.0835. The first-order chi connectivity index (χ1) is 16.1. The molecule has 1 fully saturated rings. The molecule has 6 nitrogen and oxygen atoms in total. The molecule has 1 aliphatic carbocycles. The zero-order valence-corrected chi connectivity index (χ0v) is 19.7. The standard InChI is InChI=1S/C26H29N3O3S/c1-2-21-17-33-25(27-21)16-32-24-8-10-29(26(31)13-24)22-6-5-19-11-18(3-4-20(19)12-22)14-28-9-7-23(30)15-28/h3-4,8,10-13,17,23,30H,2,5-7,9,14-16H2,1H3. The quantitative estimate of drug-likeness (QED) is 0.575. The number of thiazole rings is 1. The molecule has 7 heteroatoms. The Hall–Kier alpha value is -2.74. The van der Waals surface area contributed by atoms with Crippen LogP contribution >= 0.6 is 11.3 Å². The highest BCUT2D eigenvalue weighted by molar-refractivity contribution is 7.09. The van der Waals surface area contributed by atoms with Crippen molar-refractivity contribution in [2.45, 2.75) is 51.9 Å². The molecule has 0 radical (unpaired) electrons. The second-order valence-electron chi connectivity index (χ2n) is 8.79. The van der Waals surface area contributed by atoms with Gasteiger partial charge in [-0.25, -0.2) is 4.98 Å². The Kier molecular flexibility index (Phi) is 6.44. The number of benzene rings is 1. The monoisotopic (exact) mass is 463 g/mol. The average Bonchev–Trinajstić information content (AvgIpc) is 3.46. The van der Waals surface area contributed by atoms with Crippen molar-refractivity contribution in [2.75, 3.05) is 13.1 Å². The lowest BCUT2D eigenvalue weighted by Crippen LogP contribution is -2.22. The van der Waals surface area contributed by atoms with Crippen LogP contribution in [0.5, 0.6) is 5.75 Å². The lowest BCUT2D eigenvalue weighted by Gasteiger charge is -2.20. The number of ether oxygens (including phenoxy) is 1. The van der Waals surface area contributed by atoms with E-state index in [1.807, 2.05) is 11.4 Å². The van der Waals surface area contributed by atoms with Gasteiger partial charge in [0.2, 0.25) is 0 Å². The minimum Gasteiger partial charge on any atom is -0.486 e. The summed E-state index contributed by atoms with van der Waals surface area (Å²) in [4.78, 5) is 19.6. The number of fused-ring (bicyclic) bond motifs is 1. The van der Waals surface area contributed by atoms with Gasteiger partial charge in [-0.05, 0) is 54.5 Å². The summed E-state index contributed by atoms with van der Waals surface area (Å²) in [5.74, 6) is 0.568. The van der Waals surface area contributed by atoms with E-state index in [0.29, 0.717) is 12.4 Å². The Morgan fingerprint density at radius 2 is 2.15 bits per heavy atom. The van der Waals surface area contributed by atoms with Crippen LogP contribution in [0.15, 0.2) is 46.7 Å². The summed E-state index contributed by atoms with van der Waals surface area (Å²) in [5.41, 5.74) is 5.76. The Morgan fingerprint density at radius 1 is 1.24 bits per heavy atom. The summed E-state index contributed by atoms with van der Waals surface area (Å²) in [6, 6.07) is 9.98. The van der Waals surface area contributed by atoms with Crippen molar-refractivity contribution in [3.8, 4) is 5.75 Å². The summed E-state index contributed by atoms with van der Waals surface area (Å²) in [7, 11) is 0. The molecule has 33 heavy (non-hydrogen) atoms. The van der Waals surface area contributed by atoms with E-state index >= 15 is 0 Å². The number of pyridine rings is 1. The smallest absolute Gasteiger partial charge is 0.258 e. The number of aromatic nitrogens is 2. The first-order valence-electron chi connectivity index (χ1n) is 11.6. The Bertz CT molecular complexity index is 1230. The van der Waals surface area contributed by atoms with E-state index in [1.165, 1.54) is 16.7 Å². The maximum Gasteiger partial charge on any atom is 0.258 e. The Morgan fingerprint density at radius 3 is 2.91 bits per heavy atom. The van der Waals surface area contributed by atoms with Crippen molar-refractivity contribution in [1.29, 1.82) is 0 Å². The van der Waals surface area contributed by atoms with Crippen molar-refractivity contribution < 1.29 is 9.84 Å². The number of β-amino-alcohol motifs (C(OH)–C–C–N with tert-alkyl or cyclic N) is 1. The first-order valence-corrected chi connectivity index (χ1v) is 12.5. The molecule has 1 saturated heterocycles. The highest BCUT2D eigenvalue weighted by Crippen LogP contribution is 2.28. The van der Waals surface area contributed by atoms with Gasteiger partial charge in [0, 0.05) is 43.0 Å². The highest BCUT2D eigenvalue weighted by Gasteiger charge is 2.21. The Labute approximate surface area is 197 Å². The maximum absolute atomic E-state index is 12.8. The predicted octanol–water partition coefficient (Wildman–Crippen LogP) is 3.96. The summed E-state index contributed by atoms with van der Waals surface area (Å²) in [5, 5.41) is 12.7. The van der Waals surface area contributed by atoms with E-state index in [0.717, 1.165) is 61.7 Å². The van der Waals surface area contributed by atoms with Gasteiger partial charge in [0.1, 0.15) is 17.4 Å². The summed E-state index contributed by atoms with van der Waals surface area (Å²) in [6.07, 6.45) is 7.23. The second-order valence-corrected chi connectivity index (χ2v) is 9.73. The maximum atomic E-state index is 12.8. The van der Waals surface area contributed by atoms with Gasteiger partial charge in [-0.1, -0.05) is 25.1 Å². The number of likely N-dealkylation sites (tertiary alicyclic amines) is 1. The number of aryl methyl sites for hydroxylation is 2. The SMILES string of the molecule is CCc1csc(COc2ccn(C3=Cc4ccc(CN5CCC(O)C5)cc4CC3)c(=O)c2)n1. The molecule has 1 atom stereocenters. The summed E-state index contributed by atoms with van der Waals surface area (Å²) in [6.45, 7) is 5.05. The predicted molar refractivity (Wildman–Crippen MR) is 131 cm³/mol. The molecular weight excluding hydrogens is 434 g/mol. The topological polar surface area (TPSA) is 67.6 Å². The van der Waals surface area contributed by atoms with Gasteiger partial charge in [-0.2, -0.15) is 0 Å². The molecule has 3 heterocycles. The van der Waals surface area contributed by atoms with Gasteiger partial charge in [0.15, 0.2) is 0 Å². The molecule has 3 aromatic rings. The van der Waals surface area contributed by atoms with Gasteiger partial charge in [-0.3, -0.25) is 14.3 Å². The molecule has 172 valence electrons.